The summed E-state index contributed by atoms with van der Waals surface area (Å²) in [5.74, 6) is 0.436. The van der Waals surface area contributed by atoms with Gasteiger partial charge in [-0.15, -0.1) is 0 Å². The van der Waals surface area contributed by atoms with Crippen molar-refractivity contribution >= 4 is 28.4 Å². The summed E-state index contributed by atoms with van der Waals surface area (Å²) < 4.78 is 5.41. The van der Waals surface area contributed by atoms with Crippen molar-refractivity contribution in [2.45, 2.75) is 44.9 Å². The first-order valence-electron chi connectivity index (χ1n) is 13.4. The maximum Gasteiger partial charge on any atom is 0.293 e. The molecule has 3 fully saturated rings. The minimum atomic E-state index is -0.0690. The van der Waals surface area contributed by atoms with E-state index in [-0.39, 0.29) is 17.2 Å². The molecule has 2 aromatic carbocycles. The van der Waals surface area contributed by atoms with Crippen LogP contribution in [0.25, 0.3) is 10.9 Å². The molecule has 0 aliphatic carbocycles. The maximum atomic E-state index is 13.5. The lowest BCUT2D eigenvalue weighted by Crippen LogP contribution is -2.49. The van der Waals surface area contributed by atoms with Gasteiger partial charge in [-0.1, -0.05) is 29.4 Å². The van der Waals surface area contributed by atoms with Gasteiger partial charge >= 0.3 is 0 Å². The average Bonchev–Trinajstić information content (AvgIpc) is 3.38. The fraction of sp³-hybridized carbons (Fsp3) is 0.483. The molecule has 0 atom stereocenters. The molecule has 188 valence electrons. The Bertz CT molecular complexity index is 1240. The molecule has 0 unspecified atom stereocenters. The standard InChI is InChI=1S/C29H34N4O3/c34-27(23-9-3-5-11-25(23)31-16-6-1-7-17-31)32-18-12-29(13-19-32)14-20-33(21-15-29)28(35)26-22-8-2-4-10-24(22)30-36-26/h2-5,8-11H,1,6-7,12-21H2. The molecule has 0 saturated carbocycles. The zero-order valence-corrected chi connectivity index (χ0v) is 20.8. The van der Waals surface area contributed by atoms with Gasteiger partial charge in [0.1, 0.15) is 5.52 Å². The van der Waals surface area contributed by atoms with Gasteiger partial charge in [0.05, 0.1) is 10.9 Å². The molecule has 3 aliphatic heterocycles. The van der Waals surface area contributed by atoms with E-state index in [1.807, 2.05) is 52.3 Å². The van der Waals surface area contributed by atoms with Gasteiger partial charge in [0.15, 0.2) is 0 Å². The molecule has 0 N–H and O–H groups in total. The van der Waals surface area contributed by atoms with Gasteiger partial charge < -0.3 is 19.2 Å². The van der Waals surface area contributed by atoms with E-state index in [0.29, 0.717) is 11.3 Å². The Morgan fingerprint density at radius 2 is 1.33 bits per heavy atom. The first-order chi connectivity index (χ1) is 17.6. The quantitative estimate of drug-likeness (QED) is 0.522. The number of anilines is 1. The number of piperidine rings is 3. The van der Waals surface area contributed by atoms with Crippen molar-refractivity contribution in [3.05, 3.63) is 59.9 Å². The third kappa shape index (κ3) is 4.25. The van der Waals surface area contributed by atoms with Gasteiger partial charge in [0, 0.05) is 45.0 Å². The predicted molar refractivity (Wildman–Crippen MR) is 139 cm³/mol. The number of carbonyl (C=O) groups excluding carboxylic acids is 2. The van der Waals surface area contributed by atoms with Gasteiger partial charge in [-0.2, -0.15) is 0 Å². The Morgan fingerprint density at radius 3 is 2.06 bits per heavy atom. The molecular formula is C29H34N4O3. The molecule has 4 heterocycles. The molecule has 36 heavy (non-hydrogen) atoms. The molecule has 0 radical (unpaired) electrons. The Balaban J connectivity index is 1.08. The molecule has 0 bridgehead atoms. The van der Waals surface area contributed by atoms with Crippen LogP contribution in [0.3, 0.4) is 0 Å². The summed E-state index contributed by atoms with van der Waals surface area (Å²) in [5.41, 5.74) is 2.86. The lowest BCUT2D eigenvalue weighted by Gasteiger charge is -2.46. The lowest BCUT2D eigenvalue weighted by molar-refractivity contribution is 0.0266. The van der Waals surface area contributed by atoms with Crippen LogP contribution in [0.15, 0.2) is 53.1 Å². The average molecular weight is 487 g/mol. The normalized spacial score (nSPS) is 20.2. The highest BCUT2D eigenvalue weighted by Gasteiger charge is 2.40. The van der Waals surface area contributed by atoms with Crippen LogP contribution in [0, 0.1) is 5.41 Å². The van der Waals surface area contributed by atoms with Crippen LogP contribution in [-0.4, -0.2) is 66.0 Å². The highest BCUT2D eigenvalue weighted by molar-refractivity contribution is 6.03. The third-order valence-electron chi connectivity index (χ3n) is 8.63. The van der Waals surface area contributed by atoms with Crippen LogP contribution in [0.1, 0.15) is 65.9 Å². The summed E-state index contributed by atoms with van der Waals surface area (Å²) in [4.78, 5) is 33.0. The molecule has 1 aromatic heterocycles. The first kappa shape index (κ1) is 23.1. The zero-order valence-electron chi connectivity index (χ0n) is 20.8. The number of aromatic nitrogens is 1. The number of para-hydroxylation sites is 1. The molecule has 7 heteroatoms. The SMILES string of the molecule is O=C(c1ccccc1N1CCCCC1)N1CCC2(CC1)CCN(C(=O)c1onc3ccccc13)CC2. The van der Waals surface area contributed by atoms with Crippen molar-refractivity contribution in [2.24, 2.45) is 5.41 Å². The Labute approximate surface area is 212 Å². The highest BCUT2D eigenvalue weighted by atomic mass is 16.5. The summed E-state index contributed by atoms with van der Waals surface area (Å²) in [6.45, 7) is 5.08. The van der Waals surface area contributed by atoms with Crippen LogP contribution in [0.2, 0.25) is 0 Å². The maximum absolute atomic E-state index is 13.5. The van der Waals surface area contributed by atoms with E-state index in [4.69, 9.17) is 4.52 Å². The number of hydrogen-bond acceptors (Lipinski definition) is 5. The largest absolute Gasteiger partial charge is 0.371 e. The van der Waals surface area contributed by atoms with Gasteiger partial charge in [-0.05, 0) is 74.6 Å². The topological polar surface area (TPSA) is 69.9 Å². The van der Waals surface area contributed by atoms with Crippen molar-refractivity contribution in [3.63, 3.8) is 0 Å². The molecule has 2 amide bonds. The molecule has 6 rings (SSSR count). The number of hydrogen-bond donors (Lipinski definition) is 0. The number of carbonyl (C=O) groups is 2. The molecule has 3 saturated heterocycles. The predicted octanol–water partition coefficient (Wildman–Crippen LogP) is 4.98. The Morgan fingerprint density at radius 1 is 0.722 bits per heavy atom. The van der Waals surface area contributed by atoms with Crippen molar-refractivity contribution in [1.29, 1.82) is 0 Å². The van der Waals surface area contributed by atoms with Crippen LogP contribution in [-0.2, 0) is 0 Å². The van der Waals surface area contributed by atoms with Crippen LogP contribution < -0.4 is 4.90 Å². The van der Waals surface area contributed by atoms with Gasteiger partial charge in [-0.25, -0.2) is 0 Å². The molecule has 7 nitrogen and oxygen atoms in total. The first-order valence-corrected chi connectivity index (χ1v) is 13.4. The van der Waals surface area contributed by atoms with Crippen molar-refractivity contribution in [1.82, 2.24) is 15.0 Å². The van der Waals surface area contributed by atoms with Crippen molar-refractivity contribution in [3.8, 4) is 0 Å². The summed E-state index contributed by atoms with van der Waals surface area (Å²) in [6, 6.07) is 15.7. The number of benzene rings is 2. The fourth-order valence-electron chi connectivity index (χ4n) is 6.29. The monoisotopic (exact) mass is 486 g/mol. The minimum Gasteiger partial charge on any atom is -0.371 e. The summed E-state index contributed by atoms with van der Waals surface area (Å²) in [6.07, 6.45) is 7.60. The Hall–Kier alpha value is -3.35. The van der Waals surface area contributed by atoms with Crippen LogP contribution in [0.5, 0.6) is 0 Å². The summed E-state index contributed by atoms with van der Waals surface area (Å²) in [7, 11) is 0. The van der Waals surface area contributed by atoms with E-state index < -0.39 is 0 Å². The number of amides is 2. The molecule has 1 spiro atoms. The number of likely N-dealkylation sites (tertiary alicyclic amines) is 2. The number of fused-ring (bicyclic) bond motifs is 1. The van der Waals surface area contributed by atoms with Gasteiger partial charge in [0.2, 0.25) is 5.76 Å². The number of rotatable bonds is 3. The van der Waals surface area contributed by atoms with Crippen LogP contribution >= 0.6 is 0 Å². The van der Waals surface area contributed by atoms with Crippen molar-refractivity contribution in [2.75, 3.05) is 44.2 Å². The smallest absolute Gasteiger partial charge is 0.293 e. The van der Waals surface area contributed by atoms with Gasteiger partial charge in [0.25, 0.3) is 11.8 Å². The second kappa shape index (κ2) is 9.60. The van der Waals surface area contributed by atoms with Gasteiger partial charge in [-0.3, -0.25) is 9.59 Å². The molecular weight excluding hydrogens is 452 g/mol. The zero-order chi connectivity index (χ0) is 24.5. The minimum absolute atomic E-state index is 0.0690. The Kier molecular flexibility index (Phi) is 6.15. The van der Waals surface area contributed by atoms with Crippen molar-refractivity contribution < 1.29 is 14.1 Å². The lowest BCUT2D eigenvalue weighted by atomic mass is 9.71. The third-order valence-corrected chi connectivity index (χ3v) is 8.63. The van der Waals surface area contributed by atoms with E-state index in [2.05, 4.69) is 16.1 Å². The van der Waals surface area contributed by atoms with E-state index in [1.165, 1.54) is 19.3 Å². The second-order valence-corrected chi connectivity index (χ2v) is 10.7. The van der Waals surface area contributed by atoms with Crippen LogP contribution in [0.4, 0.5) is 5.69 Å². The second-order valence-electron chi connectivity index (χ2n) is 10.7. The molecule has 3 aromatic rings. The van der Waals surface area contributed by atoms with E-state index >= 15 is 0 Å². The highest BCUT2D eigenvalue weighted by Crippen LogP contribution is 2.42. The van der Waals surface area contributed by atoms with E-state index in [0.717, 1.165) is 81.6 Å². The fourth-order valence-corrected chi connectivity index (χ4v) is 6.29. The summed E-state index contributed by atoms with van der Waals surface area (Å²) in [5, 5.41) is 4.82. The van der Waals surface area contributed by atoms with E-state index in [1.54, 1.807) is 0 Å². The van der Waals surface area contributed by atoms with E-state index in [9.17, 15) is 9.59 Å². The number of nitrogens with zero attached hydrogens (tertiary/aromatic N) is 4. The molecule has 3 aliphatic rings. The summed E-state index contributed by atoms with van der Waals surface area (Å²) >= 11 is 0.